The summed E-state index contributed by atoms with van der Waals surface area (Å²) >= 11 is 5.79. The lowest BCUT2D eigenvalue weighted by molar-refractivity contribution is -0.384. The number of hydrogen-bond donors (Lipinski definition) is 1. The molecule has 0 saturated carbocycles. The molecule has 0 fully saturated rings. The zero-order chi connectivity index (χ0) is 20.4. The molecule has 8 heteroatoms. The number of fused-ring (bicyclic) bond motifs is 1. The van der Waals surface area contributed by atoms with Gasteiger partial charge in [0, 0.05) is 23.7 Å². The van der Waals surface area contributed by atoms with Gasteiger partial charge >= 0.3 is 0 Å². The molecule has 3 aromatic carbocycles. The maximum absolute atomic E-state index is 12.5. The quantitative estimate of drug-likeness (QED) is 0.360. The predicted molar refractivity (Wildman–Crippen MR) is 109 cm³/mol. The van der Waals surface area contributed by atoms with Crippen molar-refractivity contribution < 1.29 is 14.1 Å². The van der Waals surface area contributed by atoms with Crippen LogP contribution in [-0.4, -0.2) is 15.8 Å². The van der Waals surface area contributed by atoms with Gasteiger partial charge in [-0.05, 0) is 35.9 Å². The van der Waals surface area contributed by atoms with Crippen LogP contribution in [0.4, 0.5) is 11.4 Å². The number of nitrogens with one attached hydrogen (secondary N) is 1. The van der Waals surface area contributed by atoms with Gasteiger partial charge in [0.2, 0.25) is 0 Å². The highest BCUT2D eigenvalue weighted by atomic mass is 35.5. The van der Waals surface area contributed by atoms with E-state index in [0.29, 0.717) is 29.1 Å². The molecule has 0 atom stereocenters. The number of nitro benzene ring substituents is 1. The molecule has 0 radical (unpaired) electrons. The number of rotatable bonds is 5. The second-order valence-electron chi connectivity index (χ2n) is 6.33. The van der Waals surface area contributed by atoms with Crippen LogP contribution >= 0.6 is 11.6 Å². The van der Waals surface area contributed by atoms with E-state index in [9.17, 15) is 14.9 Å². The van der Waals surface area contributed by atoms with Crippen LogP contribution in [0.25, 0.3) is 11.1 Å². The molecule has 0 aliphatic heterocycles. The molecule has 1 aromatic heterocycles. The van der Waals surface area contributed by atoms with Crippen molar-refractivity contribution in [3.63, 3.8) is 0 Å². The maximum atomic E-state index is 12.5. The van der Waals surface area contributed by atoms with Crippen molar-refractivity contribution in [1.82, 2.24) is 4.98 Å². The summed E-state index contributed by atoms with van der Waals surface area (Å²) in [4.78, 5) is 27.3. The van der Waals surface area contributed by atoms with E-state index in [1.807, 2.05) is 30.3 Å². The van der Waals surface area contributed by atoms with Crippen molar-refractivity contribution in [3.05, 3.63) is 98.9 Å². The Morgan fingerprint density at radius 2 is 1.90 bits per heavy atom. The minimum Gasteiger partial charge on any atom is -0.440 e. The van der Waals surface area contributed by atoms with E-state index in [1.54, 1.807) is 18.2 Å². The Kier molecular flexibility index (Phi) is 4.97. The van der Waals surface area contributed by atoms with Crippen LogP contribution in [0.3, 0.4) is 0 Å². The van der Waals surface area contributed by atoms with Crippen LogP contribution in [0, 0.1) is 10.1 Å². The molecule has 1 amide bonds. The highest BCUT2D eigenvalue weighted by Gasteiger charge is 2.17. The fourth-order valence-corrected chi connectivity index (χ4v) is 3.08. The number of halogens is 1. The van der Waals surface area contributed by atoms with E-state index < -0.39 is 10.8 Å². The van der Waals surface area contributed by atoms with E-state index in [2.05, 4.69) is 10.3 Å². The third-order valence-electron chi connectivity index (χ3n) is 4.29. The van der Waals surface area contributed by atoms with Gasteiger partial charge in [-0.3, -0.25) is 14.9 Å². The van der Waals surface area contributed by atoms with Crippen molar-refractivity contribution in [2.24, 2.45) is 0 Å². The van der Waals surface area contributed by atoms with Crippen molar-refractivity contribution in [2.45, 2.75) is 6.42 Å². The summed E-state index contributed by atoms with van der Waals surface area (Å²) < 4.78 is 5.76. The van der Waals surface area contributed by atoms with Crippen LogP contribution in [0.5, 0.6) is 0 Å². The molecule has 4 rings (SSSR count). The van der Waals surface area contributed by atoms with E-state index in [0.717, 1.165) is 11.6 Å². The van der Waals surface area contributed by atoms with Crippen LogP contribution < -0.4 is 5.32 Å². The molecule has 7 nitrogen and oxygen atoms in total. The molecule has 0 spiro atoms. The zero-order valence-corrected chi connectivity index (χ0v) is 15.7. The van der Waals surface area contributed by atoms with Crippen molar-refractivity contribution in [1.29, 1.82) is 0 Å². The average molecular weight is 408 g/mol. The third-order valence-corrected chi connectivity index (χ3v) is 4.61. The van der Waals surface area contributed by atoms with Crippen LogP contribution in [0.2, 0.25) is 5.02 Å². The number of hydrogen-bond acceptors (Lipinski definition) is 5. The number of nitrogens with zero attached hydrogens (tertiary/aromatic N) is 2. The Hall–Kier alpha value is -3.71. The minimum atomic E-state index is -0.630. The smallest absolute Gasteiger partial charge is 0.288 e. The fourth-order valence-electron chi connectivity index (χ4n) is 2.90. The number of benzene rings is 3. The highest BCUT2D eigenvalue weighted by molar-refractivity contribution is 6.32. The predicted octanol–water partition coefficient (Wildman–Crippen LogP) is 5.23. The number of aromatic nitrogens is 1. The first-order valence-electron chi connectivity index (χ1n) is 8.68. The van der Waals surface area contributed by atoms with Gasteiger partial charge in [-0.15, -0.1) is 0 Å². The van der Waals surface area contributed by atoms with Gasteiger partial charge in [0.15, 0.2) is 11.5 Å². The Morgan fingerprint density at radius 1 is 1.10 bits per heavy atom. The van der Waals surface area contributed by atoms with E-state index in [1.165, 1.54) is 12.1 Å². The summed E-state index contributed by atoms with van der Waals surface area (Å²) in [5.74, 6) is 0.0834. The number of nitro groups is 1. The Labute approximate surface area is 170 Å². The monoisotopic (exact) mass is 407 g/mol. The molecule has 144 valence electrons. The molecule has 0 unspecified atom stereocenters. The molecule has 0 aliphatic rings. The van der Waals surface area contributed by atoms with Gasteiger partial charge < -0.3 is 9.73 Å². The van der Waals surface area contributed by atoms with Gasteiger partial charge in [0.25, 0.3) is 11.6 Å². The molecule has 29 heavy (non-hydrogen) atoms. The van der Waals surface area contributed by atoms with Crippen LogP contribution in [0.1, 0.15) is 21.8 Å². The first-order chi connectivity index (χ1) is 14.0. The van der Waals surface area contributed by atoms with Gasteiger partial charge in [-0.2, -0.15) is 0 Å². The average Bonchev–Trinajstić information content (AvgIpc) is 3.10. The fraction of sp³-hybridized carbons (Fsp3) is 0.0476. The largest absolute Gasteiger partial charge is 0.440 e. The normalized spacial score (nSPS) is 10.8. The Balaban J connectivity index is 1.54. The molecule has 4 aromatic rings. The molecule has 1 N–H and O–H groups in total. The summed E-state index contributed by atoms with van der Waals surface area (Å²) in [5, 5.41) is 13.7. The third kappa shape index (κ3) is 4.09. The molecule has 1 heterocycles. The van der Waals surface area contributed by atoms with Crippen molar-refractivity contribution in [3.8, 4) is 0 Å². The van der Waals surface area contributed by atoms with Crippen molar-refractivity contribution in [2.75, 3.05) is 5.32 Å². The second-order valence-corrected chi connectivity index (χ2v) is 6.74. The number of carbonyl (C=O) groups is 1. The van der Waals surface area contributed by atoms with Gasteiger partial charge in [-0.25, -0.2) is 4.98 Å². The Bertz CT molecular complexity index is 1220. The van der Waals surface area contributed by atoms with E-state index in [-0.39, 0.29) is 16.3 Å². The standard InChI is InChI=1S/C21H14ClN3O4/c22-16-8-6-14(11-18(16)25(27)28)21(26)23-15-7-9-19-17(12-15)24-20(29-19)10-13-4-2-1-3-5-13/h1-9,11-12H,10H2,(H,23,26). The number of oxazole rings is 1. The first kappa shape index (κ1) is 18.6. The van der Waals surface area contributed by atoms with E-state index in [4.69, 9.17) is 16.0 Å². The lowest BCUT2D eigenvalue weighted by atomic mass is 10.1. The zero-order valence-electron chi connectivity index (χ0n) is 15.0. The lowest BCUT2D eigenvalue weighted by Crippen LogP contribution is -2.12. The lowest BCUT2D eigenvalue weighted by Gasteiger charge is -2.05. The maximum Gasteiger partial charge on any atom is 0.288 e. The van der Waals surface area contributed by atoms with Gasteiger partial charge in [0.1, 0.15) is 10.5 Å². The minimum absolute atomic E-state index is 0.0264. The summed E-state index contributed by atoms with van der Waals surface area (Å²) in [5.41, 5.74) is 2.60. The highest BCUT2D eigenvalue weighted by Crippen LogP contribution is 2.26. The van der Waals surface area contributed by atoms with Crippen LogP contribution in [0.15, 0.2) is 71.1 Å². The summed E-state index contributed by atoms with van der Waals surface area (Å²) in [6.07, 6.45) is 0.561. The number of anilines is 1. The molecule has 0 aliphatic carbocycles. The number of carbonyl (C=O) groups excluding carboxylic acids is 1. The molecule has 0 saturated heterocycles. The van der Waals surface area contributed by atoms with Crippen LogP contribution in [-0.2, 0) is 6.42 Å². The molecular weight excluding hydrogens is 394 g/mol. The molecular formula is C21H14ClN3O4. The summed E-state index contributed by atoms with van der Waals surface area (Å²) in [7, 11) is 0. The van der Waals surface area contributed by atoms with Gasteiger partial charge in [0.05, 0.1) is 4.92 Å². The molecule has 0 bridgehead atoms. The summed E-state index contributed by atoms with van der Waals surface area (Å²) in [6, 6.07) is 18.8. The summed E-state index contributed by atoms with van der Waals surface area (Å²) in [6.45, 7) is 0. The van der Waals surface area contributed by atoms with Crippen molar-refractivity contribution >= 4 is 40.0 Å². The number of amides is 1. The topological polar surface area (TPSA) is 98.3 Å². The SMILES string of the molecule is O=C(Nc1ccc2oc(Cc3ccccc3)nc2c1)c1ccc(Cl)c([N+](=O)[O-])c1. The first-order valence-corrected chi connectivity index (χ1v) is 9.06. The Morgan fingerprint density at radius 3 is 2.66 bits per heavy atom. The van der Waals surface area contributed by atoms with Gasteiger partial charge in [-0.1, -0.05) is 41.9 Å². The van der Waals surface area contributed by atoms with E-state index >= 15 is 0 Å². The second kappa shape index (κ2) is 7.73.